The Morgan fingerprint density at radius 3 is 2.10 bits per heavy atom. The largest absolute Gasteiger partial charge is 0.480 e. The quantitative estimate of drug-likeness (QED) is 0.812. The molecule has 1 unspecified atom stereocenters. The van der Waals surface area contributed by atoms with Crippen molar-refractivity contribution in [2.45, 2.75) is 84.4 Å². The number of hydrogen-bond acceptors (Lipinski definition) is 3. The first-order valence-corrected chi connectivity index (χ1v) is 7.73. The molecule has 5 nitrogen and oxygen atoms in total. The molecule has 0 spiro atoms. The molecule has 1 rings (SSSR count). The van der Waals surface area contributed by atoms with Crippen molar-refractivity contribution in [2.24, 2.45) is 5.92 Å². The van der Waals surface area contributed by atoms with Gasteiger partial charge in [-0.1, -0.05) is 13.8 Å². The van der Waals surface area contributed by atoms with Gasteiger partial charge in [-0.25, -0.2) is 9.59 Å². The minimum absolute atomic E-state index is 0.00638. The summed E-state index contributed by atoms with van der Waals surface area (Å²) in [5, 5.41) is 9.69. The summed E-state index contributed by atoms with van der Waals surface area (Å²) in [4.78, 5) is 25.8. The molecule has 1 N–H and O–H groups in total. The smallest absolute Gasteiger partial charge is 0.411 e. The Morgan fingerprint density at radius 2 is 1.76 bits per heavy atom. The lowest BCUT2D eigenvalue weighted by Crippen LogP contribution is -2.57. The number of carbonyl (C=O) groups excluding carboxylic acids is 1. The van der Waals surface area contributed by atoms with Crippen molar-refractivity contribution in [1.82, 2.24) is 4.90 Å². The van der Waals surface area contributed by atoms with E-state index in [0.717, 1.165) is 19.3 Å². The first-order chi connectivity index (χ1) is 9.47. The van der Waals surface area contributed by atoms with E-state index in [9.17, 15) is 14.7 Å². The van der Waals surface area contributed by atoms with Crippen molar-refractivity contribution in [1.29, 1.82) is 0 Å². The van der Waals surface area contributed by atoms with Gasteiger partial charge in [0.15, 0.2) is 0 Å². The van der Waals surface area contributed by atoms with Crippen LogP contribution in [0.2, 0.25) is 0 Å². The van der Waals surface area contributed by atoms with Gasteiger partial charge in [0, 0.05) is 6.04 Å². The SMILES string of the molecule is CC(C)CCC(C)(C(=O)O)N(C(=O)OC(C)(C)C)C1CC1. The second-order valence-corrected chi connectivity index (χ2v) is 7.59. The monoisotopic (exact) mass is 299 g/mol. The summed E-state index contributed by atoms with van der Waals surface area (Å²) in [6.07, 6.45) is 2.39. The summed E-state index contributed by atoms with van der Waals surface area (Å²) in [5.74, 6) is -0.565. The van der Waals surface area contributed by atoms with E-state index < -0.39 is 23.2 Å². The maximum Gasteiger partial charge on any atom is 0.411 e. The molecule has 0 aromatic heterocycles. The van der Waals surface area contributed by atoms with Crippen molar-refractivity contribution in [3.05, 3.63) is 0 Å². The second kappa shape index (κ2) is 6.24. The molecule has 21 heavy (non-hydrogen) atoms. The van der Waals surface area contributed by atoms with Gasteiger partial charge in [0.25, 0.3) is 0 Å². The lowest BCUT2D eigenvalue weighted by Gasteiger charge is -2.39. The van der Waals surface area contributed by atoms with Crippen LogP contribution in [0.5, 0.6) is 0 Å². The number of nitrogens with zero attached hydrogens (tertiary/aromatic N) is 1. The molecule has 1 aliphatic rings. The van der Waals surface area contributed by atoms with Crippen molar-refractivity contribution in [3.63, 3.8) is 0 Å². The highest BCUT2D eigenvalue weighted by molar-refractivity contribution is 5.84. The summed E-state index contributed by atoms with van der Waals surface area (Å²) in [6, 6.07) is -0.00638. The maximum absolute atomic E-state index is 12.5. The zero-order chi connectivity index (χ0) is 16.4. The molecule has 1 saturated carbocycles. The molecule has 0 radical (unpaired) electrons. The maximum atomic E-state index is 12.5. The van der Waals surface area contributed by atoms with Crippen LogP contribution in [0.15, 0.2) is 0 Å². The van der Waals surface area contributed by atoms with Crippen LogP contribution in [-0.4, -0.2) is 39.3 Å². The number of carboxylic acid groups (broad SMARTS) is 1. The van der Waals surface area contributed by atoms with Gasteiger partial charge in [-0.15, -0.1) is 0 Å². The number of amides is 1. The Hall–Kier alpha value is -1.26. The molecule has 0 aromatic rings. The minimum Gasteiger partial charge on any atom is -0.480 e. The van der Waals surface area contributed by atoms with Crippen LogP contribution in [0, 0.1) is 5.92 Å². The minimum atomic E-state index is -1.20. The van der Waals surface area contributed by atoms with E-state index in [4.69, 9.17) is 4.74 Å². The number of aliphatic carboxylic acids is 1. The summed E-state index contributed by atoms with van der Waals surface area (Å²) in [5.41, 5.74) is -1.82. The van der Waals surface area contributed by atoms with Crippen molar-refractivity contribution in [2.75, 3.05) is 0 Å². The van der Waals surface area contributed by atoms with E-state index >= 15 is 0 Å². The number of carbonyl (C=O) groups is 2. The first-order valence-electron chi connectivity index (χ1n) is 7.73. The number of ether oxygens (including phenoxy) is 1. The molecular weight excluding hydrogens is 270 g/mol. The summed E-state index contributed by atoms with van der Waals surface area (Å²) in [6.45, 7) is 11.1. The van der Waals surface area contributed by atoms with Gasteiger partial charge in [-0.05, 0) is 59.3 Å². The molecule has 122 valence electrons. The lowest BCUT2D eigenvalue weighted by atomic mass is 9.90. The normalized spacial score (nSPS) is 18.2. The van der Waals surface area contributed by atoms with Crippen LogP contribution < -0.4 is 0 Å². The van der Waals surface area contributed by atoms with Crippen molar-refractivity contribution in [3.8, 4) is 0 Å². The fourth-order valence-electron chi connectivity index (χ4n) is 2.30. The summed E-state index contributed by atoms with van der Waals surface area (Å²) >= 11 is 0. The van der Waals surface area contributed by atoms with Crippen LogP contribution in [0.3, 0.4) is 0 Å². The highest BCUT2D eigenvalue weighted by Crippen LogP contribution is 2.37. The average molecular weight is 299 g/mol. The molecule has 1 aliphatic carbocycles. The predicted molar refractivity (Wildman–Crippen MR) is 81.2 cm³/mol. The van der Waals surface area contributed by atoms with Gasteiger partial charge in [-0.3, -0.25) is 4.90 Å². The Kier molecular flexibility index (Phi) is 5.29. The number of carboxylic acids is 1. The molecule has 1 amide bonds. The Balaban J connectivity index is 2.98. The summed E-state index contributed by atoms with van der Waals surface area (Å²) < 4.78 is 5.43. The fourth-order valence-corrected chi connectivity index (χ4v) is 2.30. The third kappa shape index (κ3) is 4.90. The van der Waals surface area contributed by atoms with Gasteiger partial charge in [0.2, 0.25) is 0 Å². The first kappa shape index (κ1) is 17.8. The second-order valence-electron chi connectivity index (χ2n) is 7.59. The third-order valence-corrected chi connectivity index (χ3v) is 3.70. The Labute approximate surface area is 127 Å². The Morgan fingerprint density at radius 1 is 1.24 bits per heavy atom. The number of rotatable bonds is 6. The van der Waals surface area contributed by atoms with Gasteiger partial charge in [0.1, 0.15) is 11.1 Å². The highest BCUT2D eigenvalue weighted by atomic mass is 16.6. The van der Waals surface area contributed by atoms with Crippen molar-refractivity contribution < 1.29 is 19.4 Å². The van der Waals surface area contributed by atoms with Crippen LogP contribution in [0.1, 0.15) is 67.2 Å². The molecule has 5 heteroatoms. The van der Waals surface area contributed by atoms with E-state index in [2.05, 4.69) is 13.8 Å². The van der Waals surface area contributed by atoms with E-state index in [0.29, 0.717) is 12.3 Å². The lowest BCUT2D eigenvalue weighted by molar-refractivity contribution is -0.151. The van der Waals surface area contributed by atoms with Crippen LogP contribution in [-0.2, 0) is 9.53 Å². The topological polar surface area (TPSA) is 66.8 Å². The number of hydrogen-bond donors (Lipinski definition) is 1. The van der Waals surface area contributed by atoms with Gasteiger partial charge < -0.3 is 9.84 Å². The average Bonchev–Trinajstić information content (AvgIpc) is 3.08. The molecule has 1 atom stereocenters. The van der Waals surface area contributed by atoms with E-state index in [1.807, 2.05) is 0 Å². The van der Waals surface area contributed by atoms with Crippen molar-refractivity contribution >= 4 is 12.1 Å². The standard InChI is InChI=1S/C16H29NO4/c1-11(2)9-10-16(6,13(18)19)17(12-7-8-12)14(20)21-15(3,4)5/h11-12H,7-10H2,1-6H3,(H,18,19). The molecule has 0 aliphatic heterocycles. The molecule has 0 aromatic carbocycles. The van der Waals surface area contributed by atoms with E-state index in [1.165, 1.54) is 4.90 Å². The highest BCUT2D eigenvalue weighted by Gasteiger charge is 2.50. The molecule has 1 fully saturated rings. The van der Waals surface area contributed by atoms with Crippen LogP contribution in [0.25, 0.3) is 0 Å². The zero-order valence-corrected chi connectivity index (χ0v) is 14.1. The molecular formula is C16H29NO4. The predicted octanol–water partition coefficient (Wildman–Crippen LogP) is 3.67. The molecule has 0 saturated heterocycles. The molecule has 0 heterocycles. The fraction of sp³-hybridized carbons (Fsp3) is 0.875. The van der Waals surface area contributed by atoms with E-state index in [1.54, 1.807) is 27.7 Å². The third-order valence-electron chi connectivity index (χ3n) is 3.70. The van der Waals surface area contributed by atoms with Gasteiger partial charge in [-0.2, -0.15) is 0 Å². The molecule has 0 bridgehead atoms. The van der Waals surface area contributed by atoms with E-state index in [-0.39, 0.29) is 6.04 Å². The van der Waals surface area contributed by atoms with Crippen LogP contribution in [0.4, 0.5) is 4.79 Å². The van der Waals surface area contributed by atoms with Gasteiger partial charge in [0.05, 0.1) is 0 Å². The summed E-state index contributed by atoms with van der Waals surface area (Å²) in [7, 11) is 0. The Bertz CT molecular complexity index is 396. The van der Waals surface area contributed by atoms with Gasteiger partial charge >= 0.3 is 12.1 Å². The zero-order valence-electron chi connectivity index (χ0n) is 14.1. The van der Waals surface area contributed by atoms with Crippen LogP contribution >= 0.6 is 0 Å².